The van der Waals surface area contributed by atoms with Gasteiger partial charge in [0.15, 0.2) is 0 Å². The number of benzene rings is 1. The van der Waals surface area contributed by atoms with E-state index in [2.05, 4.69) is 6.07 Å². The maximum atomic E-state index is 13.2. The molecule has 3 aliphatic heterocycles. The summed E-state index contributed by atoms with van der Waals surface area (Å²) in [7, 11) is 0. The highest BCUT2D eigenvalue weighted by Gasteiger charge is 2.56. The number of rotatable bonds is 6. The second-order valence-corrected chi connectivity index (χ2v) is 9.57. The van der Waals surface area contributed by atoms with E-state index in [1.165, 1.54) is 0 Å². The van der Waals surface area contributed by atoms with Crippen LogP contribution in [0.1, 0.15) is 48.1 Å². The number of piperazine rings is 1. The van der Waals surface area contributed by atoms with Crippen LogP contribution in [-0.4, -0.2) is 75.7 Å². The Balaban J connectivity index is 1.24. The van der Waals surface area contributed by atoms with Gasteiger partial charge in [-0.25, -0.2) is 0 Å². The van der Waals surface area contributed by atoms with E-state index in [0.29, 0.717) is 31.0 Å². The third kappa shape index (κ3) is 3.26. The van der Waals surface area contributed by atoms with E-state index in [-0.39, 0.29) is 42.0 Å². The minimum atomic E-state index is -0.740. The number of carbonyl (C=O) groups is 3. The van der Waals surface area contributed by atoms with Crippen molar-refractivity contribution < 1.29 is 14.4 Å². The normalized spacial score (nSPS) is 32.5. The molecule has 4 N–H and O–H groups in total. The Kier molecular flexibility index (Phi) is 4.95. The molecular weight excluding hydrogens is 408 g/mol. The van der Waals surface area contributed by atoms with Gasteiger partial charge in [0.1, 0.15) is 6.04 Å². The van der Waals surface area contributed by atoms with Gasteiger partial charge in [0.05, 0.1) is 24.2 Å². The van der Waals surface area contributed by atoms with Crippen molar-refractivity contribution in [2.45, 2.75) is 62.4 Å². The van der Waals surface area contributed by atoms with Crippen LogP contribution >= 0.6 is 0 Å². The van der Waals surface area contributed by atoms with Crippen molar-refractivity contribution >= 4 is 17.7 Å². The van der Waals surface area contributed by atoms with E-state index in [1.54, 1.807) is 23.1 Å². The van der Waals surface area contributed by atoms with Gasteiger partial charge in [0.25, 0.3) is 0 Å². The number of primary amides is 1. The van der Waals surface area contributed by atoms with Gasteiger partial charge in [0, 0.05) is 30.7 Å². The average Bonchev–Trinajstić information content (AvgIpc) is 3.11. The molecule has 1 unspecified atom stereocenters. The molecule has 4 aliphatic rings. The van der Waals surface area contributed by atoms with Crippen molar-refractivity contribution in [3.8, 4) is 6.07 Å². The smallest absolute Gasteiger partial charge is 0.248 e. The average molecular weight is 437 g/mol. The van der Waals surface area contributed by atoms with Crippen LogP contribution in [0.2, 0.25) is 0 Å². The van der Waals surface area contributed by atoms with Crippen molar-refractivity contribution in [2.24, 2.45) is 17.4 Å². The van der Waals surface area contributed by atoms with Gasteiger partial charge in [-0.15, -0.1) is 0 Å². The molecule has 0 spiro atoms. The van der Waals surface area contributed by atoms with Gasteiger partial charge in [-0.3, -0.25) is 19.3 Å². The molecule has 1 aliphatic carbocycles. The molecule has 9 nitrogen and oxygen atoms in total. The van der Waals surface area contributed by atoms with Gasteiger partial charge in [-0.05, 0) is 49.8 Å². The topological polar surface area (TPSA) is 137 Å². The Hall–Kier alpha value is -2.96. The first-order valence-corrected chi connectivity index (χ1v) is 11.2. The fraction of sp³-hybridized carbons (Fsp3) is 0.565. The van der Waals surface area contributed by atoms with Crippen molar-refractivity contribution in [1.29, 1.82) is 5.26 Å². The zero-order valence-corrected chi connectivity index (χ0v) is 18.1. The maximum absolute atomic E-state index is 13.2. The quantitative estimate of drug-likeness (QED) is 0.643. The number of hydrogen-bond acceptors (Lipinski definition) is 6. The van der Waals surface area contributed by atoms with Gasteiger partial charge >= 0.3 is 0 Å². The molecule has 4 fully saturated rings. The number of fused-ring (bicyclic) bond motifs is 3. The first-order valence-electron chi connectivity index (χ1n) is 11.2. The van der Waals surface area contributed by atoms with Crippen LogP contribution in [0, 0.1) is 17.2 Å². The Labute approximate surface area is 186 Å². The Bertz CT molecular complexity index is 1020. The van der Waals surface area contributed by atoms with E-state index < -0.39 is 11.9 Å². The van der Waals surface area contributed by atoms with Crippen LogP contribution in [0.3, 0.4) is 0 Å². The molecule has 0 aromatic heterocycles. The minimum Gasteiger partial charge on any atom is -0.366 e. The molecule has 168 valence electrons. The van der Waals surface area contributed by atoms with Gasteiger partial charge in [-0.1, -0.05) is 12.1 Å². The zero-order valence-electron chi connectivity index (χ0n) is 18.1. The lowest BCUT2D eigenvalue weighted by atomic mass is 10.0. The third-order valence-corrected chi connectivity index (χ3v) is 7.64. The SMILES string of the molecule is C[C@@H](c1cccc(C(N)=O)c1)N1C(=O)[C@@H]2C[C@H]1CN2C[C@H](N)C(=O)N1[C@H](C#N)CC2C[C@@H]21. The van der Waals surface area contributed by atoms with E-state index in [4.69, 9.17) is 11.5 Å². The second kappa shape index (κ2) is 7.57. The van der Waals surface area contributed by atoms with Crippen LogP contribution in [0.15, 0.2) is 24.3 Å². The van der Waals surface area contributed by atoms with Crippen LogP contribution in [-0.2, 0) is 9.59 Å². The standard InChI is InChI=1S/C23H28N6O3/c1-12(13-3-2-4-14(5-13)21(26)30)28-17-8-20(23(28)32)27(10-17)11-18(25)22(31)29-16(9-24)6-15-7-19(15)29/h2-5,12,15-20H,6-8,10-11,25H2,1H3,(H2,26,30)/t12-,15?,16-,17-,18-,19-,20-/m0/s1. The monoisotopic (exact) mass is 436 g/mol. The molecule has 32 heavy (non-hydrogen) atoms. The number of piperidine rings is 1. The lowest BCUT2D eigenvalue weighted by molar-refractivity contribution is -0.141. The highest BCUT2D eigenvalue weighted by molar-refractivity contribution is 5.93. The Morgan fingerprint density at radius 3 is 2.75 bits per heavy atom. The Morgan fingerprint density at radius 2 is 2.06 bits per heavy atom. The van der Waals surface area contributed by atoms with Crippen molar-refractivity contribution in [3.05, 3.63) is 35.4 Å². The number of nitriles is 1. The largest absolute Gasteiger partial charge is 0.366 e. The van der Waals surface area contributed by atoms with Crippen molar-refractivity contribution in [2.75, 3.05) is 13.1 Å². The fourth-order valence-electron chi connectivity index (χ4n) is 5.92. The summed E-state index contributed by atoms with van der Waals surface area (Å²) in [5.41, 5.74) is 13.0. The highest BCUT2D eigenvalue weighted by atomic mass is 16.2. The number of carbonyl (C=O) groups excluding carboxylic acids is 3. The zero-order chi connectivity index (χ0) is 22.7. The summed E-state index contributed by atoms with van der Waals surface area (Å²) in [5.74, 6) is -0.197. The molecule has 0 radical (unpaired) electrons. The summed E-state index contributed by atoms with van der Waals surface area (Å²) in [6.07, 6.45) is 2.42. The first kappa shape index (κ1) is 20.9. The summed E-state index contributed by atoms with van der Waals surface area (Å²) in [6, 6.07) is 7.93. The summed E-state index contributed by atoms with van der Waals surface area (Å²) in [6.45, 7) is 2.93. The lowest BCUT2D eigenvalue weighted by Crippen LogP contribution is -2.57. The molecule has 7 atom stereocenters. The third-order valence-electron chi connectivity index (χ3n) is 7.64. The molecule has 1 aromatic carbocycles. The van der Waals surface area contributed by atoms with E-state index in [9.17, 15) is 19.6 Å². The minimum absolute atomic E-state index is 0.0243. The summed E-state index contributed by atoms with van der Waals surface area (Å²) in [5, 5.41) is 9.36. The number of hydrogen-bond donors (Lipinski definition) is 2. The van der Waals surface area contributed by atoms with Crippen LogP contribution in [0.4, 0.5) is 0 Å². The number of likely N-dealkylation sites (tertiary alicyclic amines) is 3. The Morgan fingerprint density at radius 1 is 1.28 bits per heavy atom. The molecule has 2 bridgehead atoms. The number of amides is 3. The number of nitrogens with two attached hydrogens (primary N) is 2. The van der Waals surface area contributed by atoms with Gasteiger partial charge < -0.3 is 21.3 Å². The number of nitrogens with zero attached hydrogens (tertiary/aromatic N) is 4. The molecule has 1 saturated carbocycles. The first-order chi connectivity index (χ1) is 15.3. The van der Waals surface area contributed by atoms with Crippen molar-refractivity contribution in [3.63, 3.8) is 0 Å². The highest BCUT2D eigenvalue weighted by Crippen LogP contribution is 2.48. The molecular formula is C23H28N6O3. The summed E-state index contributed by atoms with van der Waals surface area (Å²) in [4.78, 5) is 43.3. The predicted molar refractivity (Wildman–Crippen MR) is 115 cm³/mol. The van der Waals surface area contributed by atoms with Gasteiger partial charge in [-0.2, -0.15) is 5.26 Å². The van der Waals surface area contributed by atoms with E-state index in [1.807, 2.05) is 22.8 Å². The molecule has 3 amide bonds. The fourth-order valence-corrected chi connectivity index (χ4v) is 5.92. The molecule has 3 saturated heterocycles. The molecule has 5 rings (SSSR count). The van der Waals surface area contributed by atoms with Crippen molar-refractivity contribution in [1.82, 2.24) is 14.7 Å². The van der Waals surface area contributed by atoms with E-state index >= 15 is 0 Å². The maximum Gasteiger partial charge on any atom is 0.248 e. The second-order valence-electron chi connectivity index (χ2n) is 9.57. The van der Waals surface area contributed by atoms with E-state index in [0.717, 1.165) is 18.4 Å². The van der Waals surface area contributed by atoms with Crippen LogP contribution < -0.4 is 11.5 Å². The molecule has 9 heteroatoms. The summed E-state index contributed by atoms with van der Waals surface area (Å²) < 4.78 is 0. The lowest BCUT2D eigenvalue weighted by Gasteiger charge is -2.38. The van der Waals surface area contributed by atoms with Crippen LogP contribution in [0.5, 0.6) is 0 Å². The molecule has 3 heterocycles. The summed E-state index contributed by atoms with van der Waals surface area (Å²) >= 11 is 0. The predicted octanol–water partition coefficient (Wildman–Crippen LogP) is -0.0281. The van der Waals surface area contributed by atoms with Crippen LogP contribution in [0.25, 0.3) is 0 Å². The van der Waals surface area contributed by atoms with Gasteiger partial charge in [0.2, 0.25) is 17.7 Å². The molecule has 1 aromatic rings.